The number of fused-ring (bicyclic) bond motifs is 1. The van der Waals surface area contributed by atoms with Crippen LogP contribution in [0.1, 0.15) is 16.7 Å². The van der Waals surface area contributed by atoms with Crippen molar-refractivity contribution in [1.29, 1.82) is 0 Å². The monoisotopic (exact) mass is 186 g/mol. The molecule has 0 fully saturated rings. The molecule has 0 saturated heterocycles. The molecule has 0 aromatic heterocycles. The molecule has 0 amide bonds. The zero-order chi connectivity index (χ0) is 10.3. The summed E-state index contributed by atoms with van der Waals surface area (Å²) in [6.45, 7) is 6.20. The molecule has 0 spiro atoms. The van der Waals surface area contributed by atoms with E-state index >= 15 is 0 Å². The van der Waals surface area contributed by atoms with Crippen LogP contribution in [-0.2, 0) is 0 Å². The summed E-state index contributed by atoms with van der Waals surface area (Å²) in [6.07, 6.45) is 0. The predicted octanol–water partition coefficient (Wildman–Crippen LogP) is 3.47. The van der Waals surface area contributed by atoms with Gasteiger partial charge in [0.25, 0.3) is 0 Å². The van der Waals surface area contributed by atoms with Crippen molar-refractivity contribution in [3.8, 4) is 5.75 Å². The molecule has 2 aromatic carbocycles. The van der Waals surface area contributed by atoms with E-state index in [1.807, 2.05) is 13.0 Å². The molecule has 2 rings (SSSR count). The normalized spacial score (nSPS) is 10.8. The van der Waals surface area contributed by atoms with Crippen LogP contribution in [0.25, 0.3) is 10.8 Å². The molecule has 0 saturated carbocycles. The highest BCUT2D eigenvalue weighted by Gasteiger charge is 2.03. The van der Waals surface area contributed by atoms with Crippen molar-refractivity contribution in [1.82, 2.24) is 0 Å². The van der Waals surface area contributed by atoms with Crippen LogP contribution in [0.3, 0.4) is 0 Å². The molecule has 0 radical (unpaired) electrons. The molecule has 2 aromatic rings. The summed E-state index contributed by atoms with van der Waals surface area (Å²) in [5.74, 6) is 0.349. The van der Waals surface area contributed by atoms with Crippen molar-refractivity contribution < 1.29 is 5.11 Å². The number of aromatic hydroxyl groups is 1. The lowest BCUT2D eigenvalue weighted by Crippen LogP contribution is -1.84. The summed E-state index contributed by atoms with van der Waals surface area (Å²) in [4.78, 5) is 0. The number of phenols is 1. The van der Waals surface area contributed by atoms with Crippen LogP contribution in [-0.4, -0.2) is 5.11 Å². The Morgan fingerprint density at radius 2 is 1.36 bits per heavy atom. The van der Waals surface area contributed by atoms with Crippen molar-refractivity contribution in [2.75, 3.05) is 0 Å². The smallest absolute Gasteiger partial charge is 0.116 e. The van der Waals surface area contributed by atoms with Gasteiger partial charge in [-0.25, -0.2) is 0 Å². The van der Waals surface area contributed by atoms with Crippen LogP contribution >= 0.6 is 0 Å². The van der Waals surface area contributed by atoms with Gasteiger partial charge in [-0.15, -0.1) is 0 Å². The first-order valence-electron chi connectivity index (χ1n) is 4.78. The third-order valence-corrected chi connectivity index (χ3v) is 2.61. The van der Waals surface area contributed by atoms with Crippen molar-refractivity contribution in [3.05, 3.63) is 41.0 Å². The number of hydrogen-bond donors (Lipinski definition) is 1. The maximum Gasteiger partial charge on any atom is 0.116 e. The standard InChI is InChI=1S/C13H14O/c1-8-4-9(2)13-7-11(14)6-10(3)12(13)5-8/h4-7,14H,1-3H3. The van der Waals surface area contributed by atoms with Gasteiger partial charge in [0.2, 0.25) is 0 Å². The summed E-state index contributed by atoms with van der Waals surface area (Å²) in [7, 11) is 0. The average Bonchev–Trinajstić information content (AvgIpc) is 2.07. The van der Waals surface area contributed by atoms with Crippen LogP contribution in [0.2, 0.25) is 0 Å². The van der Waals surface area contributed by atoms with Crippen molar-refractivity contribution in [2.24, 2.45) is 0 Å². The number of rotatable bonds is 0. The topological polar surface area (TPSA) is 20.2 Å². The Hall–Kier alpha value is -1.50. The highest BCUT2D eigenvalue weighted by atomic mass is 16.3. The van der Waals surface area contributed by atoms with E-state index in [1.54, 1.807) is 6.07 Å². The van der Waals surface area contributed by atoms with Crippen molar-refractivity contribution in [2.45, 2.75) is 20.8 Å². The van der Waals surface area contributed by atoms with Crippen LogP contribution < -0.4 is 0 Å². The number of benzene rings is 2. The fourth-order valence-electron chi connectivity index (χ4n) is 1.99. The molecule has 0 aliphatic rings. The van der Waals surface area contributed by atoms with Gasteiger partial charge in [-0.3, -0.25) is 0 Å². The van der Waals surface area contributed by atoms with Crippen LogP contribution in [0.4, 0.5) is 0 Å². The minimum Gasteiger partial charge on any atom is -0.508 e. The quantitative estimate of drug-likeness (QED) is 0.668. The van der Waals surface area contributed by atoms with E-state index in [2.05, 4.69) is 26.0 Å². The molecule has 1 heteroatoms. The molecule has 0 unspecified atom stereocenters. The van der Waals surface area contributed by atoms with Gasteiger partial charge in [0.15, 0.2) is 0 Å². The van der Waals surface area contributed by atoms with E-state index in [0.29, 0.717) is 5.75 Å². The Balaban J connectivity index is 2.94. The molecule has 0 bridgehead atoms. The van der Waals surface area contributed by atoms with Gasteiger partial charge < -0.3 is 5.11 Å². The lowest BCUT2D eigenvalue weighted by atomic mass is 9.98. The molecular weight excluding hydrogens is 172 g/mol. The summed E-state index contributed by atoms with van der Waals surface area (Å²) in [5, 5.41) is 11.9. The SMILES string of the molecule is Cc1cc(C)c2cc(O)cc(C)c2c1. The predicted molar refractivity (Wildman–Crippen MR) is 59.8 cm³/mol. The van der Waals surface area contributed by atoms with Gasteiger partial charge in [0, 0.05) is 0 Å². The molecule has 72 valence electrons. The maximum absolute atomic E-state index is 9.50. The molecule has 1 N–H and O–H groups in total. The Morgan fingerprint density at radius 1 is 0.786 bits per heavy atom. The van der Waals surface area contributed by atoms with Crippen LogP contribution in [0.5, 0.6) is 5.75 Å². The average molecular weight is 186 g/mol. The van der Waals surface area contributed by atoms with Crippen molar-refractivity contribution in [3.63, 3.8) is 0 Å². The number of aryl methyl sites for hydroxylation is 3. The summed E-state index contributed by atoms with van der Waals surface area (Å²) in [5.41, 5.74) is 3.62. The number of phenolic OH excluding ortho intramolecular Hbond substituents is 1. The fraction of sp³-hybridized carbons (Fsp3) is 0.231. The first-order valence-corrected chi connectivity index (χ1v) is 4.78. The van der Waals surface area contributed by atoms with E-state index in [1.165, 1.54) is 16.5 Å². The van der Waals surface area contributed by atoms with E-state index in [4.69, 9.17) is 0 Å². The Bertz CT molecular complexity index is 451. The zero-order valence-corrected chi connectivity index (χ0v) is 8.76. The third kappa shape index (κ3) is 1.35. The molecule has 0 aliphatic heterocycles. The van der Waals surface area contributed by atoms with Crippen LogP contribution in [0.15, 0.2) is 24.3 Å². The Kier molecular flexibility index (Phi) is 1.95. The molecular formula is C13H14O. The summed E-state index contributed by atoms with van der Waals surface area (Å²) < 4.78 is 0. The highest BCUT2D eigenvalue weighted by Crippen LogP contribution is 2.27. The van der Waals surface area contributed by atoms with Crippen molar-refractivity contribution >= 4 is 10.8 Å². The van der Waals surface area contributed by atoms with Gasteiger partial charge in [0.05, 0.1) is 0 Å². The third-order valence-electron chi connectivity index (χ3n) is 2.61. The first-order chi connectivity index (χ1) is 6.58. The van der Waals surface area contributed by atoms with Gasteiger partial charge in [0.1, 0.15) is 5.75 Å². The second-order valence-electron chi connectivity index (χ2n) is 3.94. The van der Waals surface area contributed by atoms with Gasteiger partial charge >= 0.3 is 0 Å². The lowest BCUT2D eigenvalue weighted by Gasteiger charge is -2.07. The number of hydrogen-bond acceptors (Lipinski definition) is 1. The minimum atomic E-state index is 0.349. The van der Waals surface area contributed by atoms with E-state index in [9.17, 15) is 5.11 Å². The van der Waals surface area contributed by atoms with Gasteiger partial charge in [-0.05, 0) is 54.8 Å². The maximum atomic E-state index is 9.50. The first kappa shape index (κ1) is 9.07. The van der Waals surface area contributed by atoms with E-state index in [-0.39, 0.29) is 0 Å². The highest BCUT2D eigenvalue weighted by molar-refractivity contribution is 5.90. The second-order valence-corrected chi connectivity index (χ2v) is 3.94. The largest absolute Gasteiger partial charge is 0.508 e. The molecule has 0 heterocycles. The zero-order valence-electron chi connectivity index (χ0n) is 8.76. The summed E-state index contributed by atoms with van der Waals surface area (Å²) >= 11 is 0. The van der Waals surface area contributed by atoms with E-state index < -0.39 is 0 Å². The molecule has 1 nitrogen and oxygen atoms in total. The van der Waals surface area contributed by atoms with Crippen LogP contribution in [0, 0.1) is 20.8 Å². The molecule has 14 heavy (non-hydrogen) atoms. The molecule has 0 atom stereocenters. The molecule has 0 aliphatic carbocycles. The fourth-order valence-corrected chi connectivity index (χ4v) is 1.99. The minimum absolute atomic E-state index is 0.349. The van der Waals surface area contributed by atoms with E-state index in [0.717, 1.165) is 10.9 Å². The van der Waals surface area contributed by atoms with Gasteiger partial charge in [-0.1, -0.05) is 17.7 Å². The summed E-state index contributed by atoms with van der Waals surface area (Å²) in [6, 6.07) is 7.94. The lowest BCUT2D eigenvalue weighted by molar-refractivity contribution is 0.476. The Labute approximate surface area is 84.0 Å². The second kappa shape index (κ2) is 3.02. The Morgan fingerprint density at radius 3 is 2.07 bits per heavy atom. The van der Waals surface area contributed by atoms with Gasteiger partial charge in [-0.2, -0.15) is 0 Å².